The normalized spacial score (nSPS) is 13.2. The maximum Gasteiger partial charge on any atom is 0.252 e. The molecule has 7 aromatic carbocycles. The number of para-hydroxylation sites is 2. The maximum atomic E-state index is 2.49. The zero-order valence-corrected chi connectivity index (χ0v) is 22.4. The lowest BCUT2D eigenvalue weighted by Crippen LogP contribution is -2.61. The topological polar surface area (TPSA) is 6.48 Å². The van der Waals surface area contributed by atoms with E-state index in [0.29, 0.717) is 0 Å². The highest BCUT2D eigenvalue weighted by molar-refractivity contribution is 7.00. The van der Waals surface area contributed by atoms with Crippen LogP contribution >= 0.6 is 0 Å². The van der Waals surface area contributed by atoms with Gasteiger partial charge < -0.3 is 9.80 Å². The first-order chi connectivity index (χ1) is 20.4. The average Bonchev–Trinajstić information content (AvgIpc) is 3.04. The smallest absolute Gasteiger partial charge is 0.252 e. The third-order valence-electron chi connectivity index (χ3n) is 8.82. The molecule has 0 saturated heterocycles. The Balaban J connectivity index is 1.39. The Morgan fingerprint density at radius 1 is 0.317 bits per heavy atom. The summed E-state index contributed by atoms with van der Waals surface area (Å²) in [7, 11) is 0. The van der Waals surface area contributed by atoms with Crippen LogP contribution in [0.15, 0.2) is 152 Å². The predicted octanol–water partition coefficient (Wildman–Crippen LogP) is 8.08. The van der Waals surface area contributed by atoms with E-state index in [1.165, 1.54) is 72.1 Å². The molecule has 0 aromatic heterocycles. The van der Waals surface area contributed by atoms with Crippen molar-refractivity contribution < 1.29 is 0 Å². The summed E-state index contributed by atoms with van der Waals surface area (Å²) in [5.74, 6) is 0. The summed E-state index contributed by atoms with van der Waals surface area (Å²) >= 11 is 0. The van der Waals surface area contributed by atoms with E-state index >= 15 is 0 Å². The number of benzene rings is 7. The van der Waals surface area contributed by atoms with Crippen molar-refractivity contribution in [1.29, 1.82) is 0 Å². The Morgan fingerprint density at radius 3 is 1.22 bits per heavy atom. The number of nitrogens with zero attached hydrogens (tertiary/aromatic N) is 2. The van der Waals surface area contributed by atoms with Crippen molar-refractivity contribution in [2.24, 2.45) is 0 Å². The second-order valence-electron chi connectivity index (χ2n) is 10.9. The van der Waals surface area contributed by atoms with E-state index in [4.69, 9.17) is 0 Å². The van der Waals surface area contributed by atoms with Gasteiger partial charge in [0.15, 0.2) is 0 Å². The molecule has 0 atom stereocenters. The van der Waals surface area contributed by atoms with E-state index in [0.717, 1.165) is 0 Å². The van der Waals surface area contributed by atoms with Gasteiger partial charge >= 0.3 is 0 Å². The van der Waals surface area contributed by atoms with Crippen molar-refractivity contribution in [2.75, 3.05) is 9.80 Å². The number of anilines is 6. The van der Waals surface area contributed by atoms with Crippen LogP contribution in [0.2, 0.25) is 0 Å². The number of rotatable bonds is 2. The van der Waals surface area contributed by atoms with Crippen LogP contribution < -0.4 is 26.2 Å². The summed E-state index contributed by atoms with van der Waals surface area (Å²) in [6, 6.07) is 55.5. The Morgan fingerprint density at radius 2 is 0.683 bits per heavy atom. The first-order valence-corrected chi connectivity index (χ1v) is 14.2. The van der Waals surface area contributed by atoms with Gasteiger partial charge in [-0.2, -0.15) is 0 Å². The Bertz CT molecular complexity index is 1990. The van der Waals surface area contributed by atoms with Crippen LogP contribution in [0.3, 0.4) is 0 Å². The molecule has 2 aliphatic heterocycles. The van der Waals surface area contributed by atoms with E-state index < -0.39 is 0 Å². The fourth-order valence-electron chi connectivity index (χ4n) is 7.16. The number of fused-ring (bicyclic) bond motifs is 6. The molecule has 0 aliphatic carbocycles. The summed E-state index contributed by atoms with van der Waals surface area (Å²) in [5, 5.41) is 5.00. The summed E-state index contributed by atoms with van der Waals surface area (Å²) in [6.07, 6.45) is 0. The molecule has 2 aliphatic rings. The minimum absolute atomic E-state index is 0.144. The number of hydrogen-bond acceptors (Lipinski definition) is 2. The van der Waals surface area contributed by atoms with Gasteiger partial charge in [-0.1, -0.05) is 115 Å². The van der Waals surface area contributed by atoms with E-state index in [1.54, 1.807) is 0 Å². The standard InChI is InChI=1S/C38H25BN2/c1-3-16-28-26(12-1)14-9-22-32(28)40-34-20-7-5-18-30(34)39-31-19-6-8-21-35(31)41(37-25-11-24-36(40)38(37)39)33-23-10-15-27-13-2-4-17-29(27)33/h1-25H. The highest BCUT2D eigenvalue weighted by atomic mass is 15.2. The van der Waals surface area contributed by atoms with E-state index in [1.807, 2.05) is 0 Å². The molecule has 0 spiro atoms. The summed E-state index contributed by atoms with van der Waals surface area (Å²) in [4.78, 5) is 4.98. The third-order valence-corrected chi connectivity index (χ3v) is 8.82. The predicted molar refractivity (Wildman–Crippen MR) is 175 cm³/mol. The monoisotopic (exact) mass is 520 g/mol. The molecular weight excluding hydrogens is 495 g/mol. The molecule has 0 radical (unpaired) electrons. The molecule has 0 saturated carbocycles. The van der Waals surface area contributed by atoms with Crippen LogP contribution in [0.25, 0.3) is 21.5 Å². The van der Waals surface area contributed by atoms with Gasteiger partial charge in [0, 0.05) is 33.5 Å². The first kappa shape index (κ1) is 22.5. The van der Waals surface area contributed by atoms with Crippen LogP contribution in [0.5, 0.6) is 0 Å². The van der Waals surface area contributed by atoms with Crippen molar-refractivity contribution >= 4 is 78.8 Å². The van der Waals surface area contributed by atoms with Crippen molar-refractivity contribution in [1.82, 2.24) is 0 Å². The van der Waals surface area contributed by atoms with Gasteiger partial charge in [0.1, 0.15) is 0 Å². The molecule has 7 aromatic rings. The van der Waals surface area contributed by atoms with E-state index in [-0.39, 0.29) is 6.71 Å². The molecule has 0 N–H and O–H groups in total. The van der Waals surface area contributed by atoms with Crippen LogP contribution in [-0.2, 0) is 0 Å². The van der Waals surface area contributed by atoms with E-state index in [9.17, 15) is 0 Å². The minimum atomic E-state index is 0.144. The van der Waals surface area contributed by atoms with Gasteiger partial charge in [0.05, 0.1) is 11.4 Å². The lowest BCUT2D eigenvalue weighted by molar-refractivity contribution is 1.27. The maximum absolute atomic E-state index is 2.49. The van der Waals surface area contributed by atoms with Gasteiger partial charge in [-0.3, -0.25) is 0 Å². The fraction of sp³-hybridized carbons (Fsp3) is 0. The molecule has 9 rings (SSSR count). The largest absolute Gasteiger partial charge is 0.311 e. The fourth-order valence-corrected chi connectivity index (χ4v) is 7.16. The summed E-state index contributed by atoms with van der Waals surface area (Å²) in [6.45, 7) is 0.144. The highest BCUT2D eigenvalue weighted by Crippen LogP contribution is 2.46. The lowest BCUT2D eigenvalue weighted by Gasteiger charge is -2.44. The molecule has 0 unspecified atom stereocenters. The van der Waals surface area contributed by atoms with Gasteiger partial charge in [-0.15, -0.1) is 0 Å². The molecule has 0 fully saturated rings. The quantitative estimate of drug-likeness (QED) is 0.213. The Kier molecular flexibility index (Phi) is 4.73. The zero-order valence-electron chi connectivity index (χ0n) is 22.4. The van der Waals surface area contributed by atoms with Gasteiger partial charge in [0.25, 0.3) is 6.71 Å². The third kappa shape index (κ3) is 3.15. The van der Waals surface area contributed by atoms with Crippen molar-refractivity contribution in [3.05, 3.63) is 152 Å². The van der Waals surface area contributed by atoms with Gasteiger partial charge in [-0.05, 0) is 63.6 Å². The van der Waals surface area contributed by atoms with Crippen molar-refractivity contribution in [3.8, 4) is 0 Å². The average molecular weight is 520 g/mol. The van der Waals surface area contributed by atoms with Crippen molar-refractivity contribution in [3.63, 3.8) is 0 Å². The molecule has 41 heavy (non-hydrogen) atoms. The Hall–Kier alpha value is -5.28. The molecule has 2 heterocycles. The molecule has 3 heteroatoms. The zero-order chi connectivity index (χ0) is 26.9. The highest BCUT2D eigenvalue weighted by Gasteiger charge is 2.43. The molecule has 0 bridgehead atoms. The van der Waals surface area contributed by atoms with Crippen LogP contribution in [-0.4, -0.2) is 6.71 Å². The molecule has 0 amide bonds. The summed E-state index contributed by atoms with van der Waals surface area (Å²) in [5.41, 5.74) is 11.4. The second-order valence-corrected chi connectivity index (χ2v) is 10.9. The molecular formula is C38H25BN2. The molecule has 190 valence electrons. The van der Waals surface area contributed by atoms with Crippen LogP contribution in [0.1, 0.15) is 0 Å². The van der Waals surface area contributed by atoms with E-state index in [2.05, 4.69) is 161 Å². The van der Waals surface area contributed by atoms with Gasteiger partial charge in [-0.25, -0.2) is 0 Å². The van der Waals surface area contributed by atoms with Gasteiger partial charge in [0.2, 0.25) is 0 Å². The lowest BCUT2D eigenvalue weighted by atomic mass is 9.33. The first-order valence-electron chi connectivity index (χ1n) is 14.2. The molecule has 2 nitrogen and oxygen atoms in total. The van der Waals surface area contributed by atoms with Crippen LogP contribution in [0, 0.1) is 0 Å². The van der Waals surface area contributed by atoms with Crippen LogP contribution in [0.4, 0.5) is 34.1 Å². The summed E-state index contributed by atoms with van der Waals surface area (Å²) < 4.78 is 0. The SMILES string of the molecule is c1ccc2c(c1)B1c3ccccc3N(c3cccc4ccccc34)c3cccc(c31)N2c1cccc2ccccc12. The minimum Gasteiger partial charge on any atom is -0.311 e. The second kappa shape index (κ2) is 8.61. The van der Waals surface area contributed by atoms with Crippen molar-refractivity contribution in [2.45, 2.75) is 0 Å². The number of hydrogen-bond donors (Lipinski definition) is 0. The Labute approximate surface area is 239 Å².